The maximum absolute atomic E-state index is 13.4. The normalized spacial score (nSPS) is 30.3. The van der Waals surface area contributed by atoms with Crippen LogP contribution in [0.5, 0.6) is 0 Å². The summed E-state index contributed by atoms with van der Waals surface area (Å²) in [5.41, 5.74) is 0.881. The Bertz CT molecular complexity index is 606. The molecule has 24 heavy (non-hydrogen) atoms. The zero-order chi connectivity index (χ0) is 16.5. The Morgan fingerprint density at radius 3 is 2.96 bits per heavy atom. The van der Waals surface area contributed by atoms with Gasteiger partial charge in [0.25, 0.3) is 5.91 Å². The summed E-state index contributed by atoms with van der Waals surface area (Å²) in [5.74, 6) is 0.132. The highest BCUT2D eigenvalue weighted by Gasteiger charge is 2.43. The summed E-state index contributed by atoms with van der Waals surface area (Å²) in [6.07, 6.45) is 3.35. The minimum Gasteiger partial charge on any atom is -0.369 e. The van der Waals surface area contributed by atoms with Gasteiger partial charge in [0.05, 0.1) is 12.7 Å². The zero-order valence-electron chi connectivity index (χ0n) is 13.7. The van der Waals surface area contributed by atoms with Gasteiger partial charge in [0.2, 0.25) is 0 Å². The number of carbonyl (C=O) groups is 1. The molecular formula is C18H23FN2O3. The number of benzene rings is 1. The molecule has 0 saturated carbocycles. The van der Waals surface area contributed by atoms with Crippen LogP contribution in [0.25, 0.3) is 0 Å². The first-order valence-electron chi connectivity index (χ1n) is 8.81. The molecule has 0 unspecified atom stereocenters. The number of hydroxylamine groups is 2. The number of carbonyl (C=O) groups excluding carboxylic acids is 1. The van der Waals surface area contributed by atoms with Crippen molar-refractivity contribution >= 4 is 11.6 Å². The van der Waals surface area contributed by atoms with Gasteiger partial charge in [-0.05, 0) is 49.8 Å². The third-order valence-electron chi connectivity index (χ3n) is 5.25. The number of halogens is 1. The van der Waals surface area contributed by atoms with E-state index in [1.165, 1.54) is 11.1 Å². The maximum Gasteiger partial charge on any atom is 0.275 e. The average Bonchev–Trinajstić information content (AvgIpc) is 3.05. The molecule has 130 valence electrons. The van der Waals surface area contributed by atoms with Crippen molar-refractivity contribution in [3.63, 3.8) is 0 Å². The monoisotopic (exact) mass is 334 g/mol. The van der Waals surface area contributed by atoms with E-state index in [1.54, 1.807) is 12.1 Å². The highest BCUT2D eigenvalue weighted by atomic mass is 19.1. The molecule has 4 rings (SSSR count). The molecule has 6 heteroatoms. The standard InChI is InChI=1S/C18H23FN2O3/c19-14-4-3-5-15(11-14)20-8-6-13-10-16(24-17(13)12-20)18(22)21-7-1-2-9-23-21/h3-5,11,13,16-17H,1-2,6-10,12H2/t13-,16+,17+/m0/s1. The Morgan fingerprint density at radius 2 is 2.17 bits per heavy atom. The molecule has 3 fully saturated rings. The van der Waals surface area contributed by atoms with E-state index in [1.807, 2.05) is 6.07 Å². The largest absolute Gasteiger partial charge is 0.369 e. The first-order chi connectivity index (χ1) is 11.7. The lowest BCUT2D eigenvalue weighted by Gasteiger charge is -2.35. The number of hydrogen-bond acceptors (Lipinski definition) is 4. The highest BCUT2D eigenvalue weighted by Crippen LogP contribution is 2.35. The lowest BCUT2D eigenvalue weighted by atomic mass is 9.91. The van der Waals surface area contributed by atoms with Gasteiger partial charge in [-0.2, -0.15) is 0 Å². The topological polar surface area (TPSA) is 42.0 Å². The second-order valence-corrected chi connectivity index (χ2v) is 6.85. The Morgan fingerprint density at radius 1 is 1.25 bits per heavy atom. The molecule has 0 aromatic heterocycles. The molecule has 3 atom stereocenters. The van der Waals surface area contributed by atoms with Gasteiger partial charge >= 0.3 is 0 Å². The minimum absolute atomic E-state index is 0.0285. The maximum atomic E-state index is 13.4. The Labute approximate surface area is 141 Å². The van der Waals surface area contributed by atoms with Gasteiger partial charge in [-0.3, -0.25) is 9.63 Å². The second-order valence-electron chi connectivity index (χ2n) is 6.85. The van der Waals surface area contributed by atoms with E-state index >= 15 is 0 Å². The summed E-state index contributed by atoms with van der Waals surface area (Å²) in [5, 5.41) is 1.48. The molecular weight excluding hydrogens is 311 g/mol. The van der Waals surface area contributed by atoms with E-state index < -0.39 is 6.10 Å². The van der Waals surface area contributed by atoms with E-state index in [-0.39, 0.29) is 17.8 Å². The van der Waals surface area contributed by atoms with E-state index in [0.29, 0.717) is 25.6 Å². The SMILES string of the molecule is O=C([C@H]1C[C@@H]2CCN(c3cccc(F)c3)C[C@H]2O1)N1CCCCO1. The number of ether oxygens (including phenoxy) is 1. The summed E-state index contributed by atoms with van der Waals surface area (Å²) < 4.78 is 19.5. The fraction of sp³-hybridized carbons (Fsp3) is 0.611. The first-order valence-corrected chi connectivity index (χ1v) is 8.81. The predicted molar refractivity (Wildman–Crippen MR) is 86.9 cm³/mol. The number of piperidine rings is 1. The third kappa shape index (κ3) is 3.13. The lowest BCUT2D eigenvalue weighted by Crippen LogP contribution is -2.43. The molecule has 1 aromatic carbocycles. The van der Waals surface area contributed by atoms with Crippen LogP contribution in [0, 0.1) is 11.7 Å². The van der Waals surface area contributed by atoms with Gasteiger partial charge in [0, 0.05) is 25.3 Å². The summed E-state index contributed by atoms with van der Waals surface area (Å²) in [4.78, 5) is 20.2. The lowest BCUT2D eigenvalue weighted by molar-refractivity contribution is -0.206. The van der Waals surface area contributed by atoms with Crippen molar-refractivity contribution in [1.29, 1.82) is 0 Å². The van der Waals surface area contributed by atoms with Crippen LogP contribution in [0.4, 0.5) is 10.1 Å². The van der Waals surface area contributed by atoms with Crippen LogP contribution in [0.15, 0.2) is 24.3 Å². The van der Waals surface area contributed by atoms with Crippen molar-refractivity contribution in [2.75, 3.05) is 31.1 Å². The number of rotatable bonds is 2. The molecule has 0 radical (unpaired) electrons. The molecule has 0 N–H and O–H groups in total. The van der Waals surface area contributed by atoms with Crippen LogP contribution in [0.2, 0.25) is 0 Å². The van der Waals surface area contributed by atoms with Crippen molar-refractivity contribution in [2.45, 2.75) is 37.9 Å². The fourth-order valence-electron chi connectivity index (χ4n) is 3.93. The van der Waals surface area contributed by atoms with Gasteiger partial charge in [0.1, 0.15) is 11.9 Å². The van der Waals surface area contributed by atoms with Crippen LogP contribution < -0.4 is 4.90 Å². The van der Waals surface area contributed by atoms with Crippen molar-refractivity contribution in [3.8, 4) is 0 Å². The molecule has 1 aromatic rings. The first kappa shape index (κ1) is 15.8. The number of amides is 1. The van der Waals surface area contributed by atoms with Crippen molar-refractivity contribution in [1.82, 2.24) is 5.06 Å². The molecule has 5 nitrogen and oxygen atoms in total. The molecule has 3 saturated heterocycles. The summed E-state index contributed by atoms with van der Waals surface area (Å²) in [7, 11) is 0. The van der Waals surface area contributed by atoms with Crippen LogP contribution in [0.3, 0.4) is 0 Å². The van der Waals surface area contributed by atoms with Gasteiger partial charge in [-0.1, -0.05) is 6.07 Å². The Hall–Kier alpha value is -1.66. The quantitative estimate of drug-likeness (QED) is 0.833. The highest BCUT2D eigenvalue weighted by molar-refractivity contribution is 5.80. The van der Waals surface area contributed by atoms with E-state index in [2.05, 4.69) is 4.90 Å². The van der Waals surface area contributed by atoms with Crippen LogP contribution in [-0.2, 0) is 14.4 Å². The predicted octanol–water partition coefficient (Wildman–Crippen LogP) is 2.36. The van der Waals surface area contributed by atoms with E-state index in [4.69, 9.17) is 9.57 Å². The van der Waals surface area contributed by atoms with Crippen LogP contribution >= 0.6 is 0 Å². The Balaban J connectivity index is 1.39. The number of nitrogens with zero attached hydrogens (tertiary/aromatic N) is 2. The third-order valence-corrected chi connectivity index (χ3v) is 5.25. The van der Waals surface area contributed by atoms with E-state index in [9.17, 15) is 9.18 Å². The fourth-order valence-corrected chi connectivity index (χ4v) is 3.93. The minimum atomic E-state index is -0.398. The molecule has 3 aliphatic rings. The van der Waals surface area contributed by atoms with E-state index in [0.717, 1.165) is 37.9 Å². The van der Waals surface area contributed by atoms with Gasteiger partial charge < -0.3 is 9.64 Å². The van der Waals surface area contributed by atoms with Gasteiger partial charge in [-0.25, -0.2) is 9.45 Å². The molecule has 1 amide bonds. The van der Waals surface area contributed by atoms with Gasteiger partial charge in [0.15, 0.2) is 0 Å². The molecule has 0 aliphatic carbocycles. The molecule has 0 bridgehead atoms. The number of hydrogen-bond donors (Lipinski definition) is 0. The van der Waals surface area contributed by atoms with Gasteiger partial charge in [-0.15, -0.1) is 0 Å². The average molecular weight is 334 g/mol. The summed E-state index contributed by atoms with van der Waals surface area (Å²) in [6.45, 7) is 2.84. The smallest absolute Gasteiger partial charge is 0.275 e. The number of anilines is 1. The Kier molecular flexibility index (Phi) is 4.41. The van der Waals surface area contributed by atoms with Crippen molar-refractivity contribution in [2.24, 2.45) is 5.92 Å². The van der Waals surface area contributed by atoms with Crippen LogP contribution in [0.1, 0.15) is 25.7 Å². The summed E-state index contributed by atoms with van der Waals surface area (Å²) in [6, 6.07) is 6.66. The molecule has 3 heterocycles. The molecule has 3 aliphatic heterocycles. The van der Waals surface area contributed by atoms with Crippen molar-refractivity contribution < 1.29 is 18.8 Å². The number of fused-ring (bicyclic) bond motifs is 1. The van der Waals surface area contributed by atoms with Crippen LogP contribution in [-0.4, -0.2) is 49.4 Å². The molecule has 0 spiro atoms. The second kappa shape index (κ2) is 6.69. The summed E-state index contributed by atoms with van der Waals surface area (Å²) >= 11 is 0. The zero-order valence-corrected chi connectivity index (χ0v) is 13.7. The van der Waals surface area contributed by atoms with Crippen molar-refractivity contribution in [3.05, 3.63) is 30.1 Å².